The molecule has 3 rings (SSSR count). The van der Waals surface area contributed by atoms with E-state index in [1.54, 1.807) is 0 Å². The number of likely N-dealkylation sites (tertiary alicyclic amines) is 2. The van der Waals surface area contributed by atoms with Crippen LogP contribution in [0.5, 0.6) is 0 Å². The molecule has 3 aliphatic rings. The van der Waals surface area contributed by atoms with Crippen LogP contribution in [-0.4, -0.2) is 53.5 Å². The lowest BCUT2D eigenvalue weighted by molar-refractivity contribution is -0.157. The molecule has 2 aliphatic heterocycles. The van der Waals surface area contributed by atoms with Crippen LogP contribution in [-0.2, 0) is 9.59 Å². The summed E-state index contributed by atoms with van der Waals surface area (Å²) >= 11 is 0. The van der Waals surface area contributed by atoms with Crippen molar-refractivity contribution in [1.29, 1.82) is 0 Å². The van der Waals surface area contributed by atoms with E-state index in [0.29, 0.717) is 12.5 Å². The first-order valence-electron chi connectivity index (χ1n) is 9.00. The Morgan fingerprint density at radius 3 is 2.46 bits per heavy atom. The van der Waals surface area contributed by atoms with Crippen molar-refractivity contribution in [2.75, 3.05) is 19.6 Å². The van der Waals surface area contributed by atoms with Crippen molar-refractivity contribution in [1.82, 2.24) is 9.80 Å². The zero-order valence-electron chi connectivity index (χ0n) is 13.9. The number of amides is 2. The summed E-state index contributed by atoms with van der Waals surface area (Å²) in [6.07, 6.45) is 3.38. The number of hydrogen-bond acceptors (Lipinski definition) is 2. The van der Waals surface area contributed by atoms with Crippen LogP contribution in [0.25, 0.3) is 0 Å². The second-order valence-electron chi connectivity index (χ2n) is 7.43. The van der Waals surface area contributed by atoms with Crippen LogP contribution < -0.4 is 0 Å². The topological polar surface area (TPSA) is 40.6 Å². The van der Waals surface area contributed by atoms with E-state index in [1.165, 1.54) is 19.3 Å². The maximum atomic E-state index is 12.8. The number of hydrogen-bond donors (Lipinski definition) is 0. The largest absolute Gasteiger partial charge is 0.406 e. The van der Waals surface area contributed by atoms with Crippen LogP contribution in [0.4, 0.5) is 13.2 Å². The van der Waals surface area contributed by atoms with E-state index >= 15 is 0 Å². The summed E-state index contributed by atoms with van der Waals surface area (Å²) in [5, 5.41) is 0. The molecule has 4 nitrogen and oxygen atoms in total. The quantitative estimate of drug-likeness (QED) is 0.788. The lowest BCUT2D eigenvalue weighted by Crippen LogP contribution is -2.44. The fourth-order valence-electron chi connectivity index (χ4n) is 4.62. The van der Waals surface area contributed by atoms with Crippen LogP contribution >= 0.6 is 0 Å². The molecule has 2 heterocycles. The Bertz CT molecular complexity index is 489. The molecular weight excluding hydrogens is 321 g/mol. The highest BCUT2D eigenvalue weighted by atomic mass is 19.4. The maximum Gasteiger partial charge on any atom is 0.406 e. The number of carbonyl (C=O) groups is 2. The monoisotopic (exact) mass is 346 g/mol. The van der Waals surface area contributed by atoms with Gasteiger partial charge < -0.3 is 9.80 Å². The SMILES string of the molecule is O=C1C[C@@H](C(=O)N2CCC[C@@H]2C2CCCCC2)CN1CC(F)(F)F. The molecule has 2 saturated heterocycles. The first-order valence-corrected chi connectivity index (χ1v) is 9.00. The second-order valence-corrected chi connectivity index (χ2v) is 7.43. The molecule has 0 aromatic rings. The van der Waals surface area contributed by atoms with E-state index in [2.05, 4.69) is 0 Å². The molecule has 7 heteroatoms. The average Bonchev–Trinajstić information content (AvgIpc) is 3.14. The zero-order valence-corrected chi connectivity index (χ0v) is 13.9. The lowest BCUT2D eigenvalue weighted by atomic mass is 9.82. The molecule has 0 N–H and O–H groups in total. The van der Waals surface area contributed by atoms with E-state index in [0.717, 1.165) is 30.6 Å². The van der Waals surface area contributed by atoms with Crippen molar-refractivity contribution in [3.63, 3.8) is 0 Å². The first kappa shape index (κ1) is 17.5. The van der Waals surface area contributed by atoms with Gasteiger partial charge in [-0.2, -0.15) is 13.2 Å². The summed E-state index contributed by atoms with van der Waals surface area (Å²) in [6, 6.07) is 0.226. The summed E-state index contributed by atoms with van der Waals surface area (Å²) in [5.74, 6) is -0.752. The van der Waals surface area contributed by atoms with Gasteiger partial charge in [0, 0.05) is 25.6 Å². The van der Waals surface area contributed by atoms with E-state index in [1.807, 2.05) is 4.90 Å². The van der Waals surface area contributed by atoms with Gasteiger partial charge in [-0.3, -0.25) is 9.59 Å². The van der Waals surface area contributed by atoms with Crippen LogP contribution in [0.3, 0.4) is 0 Å². The Morgan fingerprint density at radius 1 is 1.08 bits per heavy atom. The van der Waals surface area contributed by atoms with Crippen LogP contribution in [0.15, 0.2) is 0 Å². The van der Waals surface area contributed by atoms with Gasteiger partial charge in [0.25, 0.3) is 0 Å². The molecule has 1 aliphatic carbocycles. The Hall–Kier alpha value is -1.27. The fraction of sp³-hybridized carbons (Fsp3) is 0.882. The molecular formula is C17H25F3N2O2. The minimum atomic E-state index is -4.41. The predicted molar refractivity (Wildman–Crippen MR) is 82.1 cm³/mol. The van der Waals surface area contributed by atoms with Gasteiger partial charge in [0.1, 0.15) is 6.54 Å². The molecule has 2 amide bonds. The van der Waals surface area contributed by atoms with Gasteiger partial charge in [0.2, 0.25) is 11.8 Å². The Kier molecular flexibility index (Phi) is 5.06. The van der Waals surface area contributed by atoms with E-state index in [9.17, 15) is 22.8 Å². The first-order chi connectivity index (χ1) is 11.3. The molecule has 0 unspecified atom stereocenters. The third-order valence-electron chi connectivity index (χ3n) is 5.71. The van der Waals surface area contributed by atoms with Gasteiger partial charge in [-0.15, -0.1) is 0 Å². The molecule has 0 aromatic carbocycles. The molecule has 0 radical (unpaired) electrons. The number of alkyl halides is 3. The number of rotatable bonds is 3. The smallest absolute Gasteiger partial charge is 0.339 e. The number of nitrogens with zero attached hydrogens (tertiary/aromatic N) is 2. The van der Waals surface area contributed by atoms with Crippen molar-refractivity contribution < 1.29 is 22.8 Å². The normalized spacial score (nSPS) is 29.5. The molecule has 24 heavy (non-hydrogen) atoms. The van der Waals surface area contributed by atoms with Gasteiger partial charge >= 0.3 is 6.18 Å². The van der Waals surface area contributed by atoms with Crippen molar-refractivity contribution in [2.24, 2.45) is 11.8 Å². The highest BCUT2D eigenvalue weighted by Crippen LogP contribution is 2.36. The number of halogens is 3. The molecule has 0 bridgehead atoms. The van der Waals surface area contributed by atoms with Crippen molar-refractivity contribution in [3.05, 3.63) is 0 Å². The Labute approximate surface area is 140 Å². The van der Waals surface area contributed by atoms with Crippen LogP contribution in [0.1, 0.15) is 51.4 Å². The van der Waals surface area contributed by atoms with Crippen molar-refractivity contribution in [3.8, 4) is 0 Å². The summed E-state index contributed by atoms with van der Waals surface area (Å²) in [5.41, 5.74) is 0. The van der Waals surface area contributed by atoms with Gasteiger partial charge in [-0.05, 0) is 31.6 Å². The van der Waals surface area contributed by atoms with E-state index in [-0.39, 0.29) is 24.9 Å². The van der Waals surface area contributed by atoms with Crippen LogP contribution in [0.2, 0.25) is 0 Å². The molecule has 136 valence electrons. The molecule has 0 aromatic heterocycles. The van der Waals surface area contributed by atoms with Gasteiger partial charge in [0.15, 0.2) is 0 Å². The molecule has 3 fully saturated rings. The molecule has 2 atom stereocenters. The molecule has 1 saturated carbocycles. The summed E-state index contributed by atoms with van der Waals surface area (Å²) in [4.78, 5) is 27.3. The zero-order chi connectivity index (χ0) is 17.3. The highest BCUT2D eigenvalue weighted by molar-refractivity contribution is 5.89. The second kappa shape index (κ2) is 6.92. The summed E-state index contributed by atoms with van der Waals surface area (Å²) < 4.78 is 37.6. The summed E-state index contributed by atoms with van der Waals surface area (Å²) in [7, 11) is 0. The van der Waals surface area contributed by atoms with Gasteiger partial charge in [-0.1, -0.05) is 19.3 Å². The fourth-order valence-corrected chi connectivity index (χ4v) is 4.62. The van der Waals surface area contributed by atoms with Gasteiger partial charge in [-0.25, -0.2) is 0 Å². The summed E-state index contributed by atoms with van der Waals surface area (Å²) in [6.45, 7) is -0.656. The predicted octanol–water partition coefficient (Wildman–Crippen LogP) is 2.97. The van der Waals surface area contributed by atoms with Crippen molar-refractivity contribution in [2.45, 2.75) is 63.6 Å². The minimum absolute atomic E-state index is 0.0806. The minimum Gasteiger partial charge on any atom is -0.339 e. The third kappa shape index (κ3) is 3.86. The van der Waals surface area contributed by atoms with Gasteiger partial charge in [0.05, 0.1) is 5.92 Å². The highest BCUT2D eigenvalue weighted by Gasteiger charge is 2.44. The number of carbonyl (C=O) groups excluding carboxylic acids is 2. The van der Waals surface area contributed by atoms with Crippen molar-refractivity contribution >= 4 is 11.8 Å². The molecule has 0 spiro atoms. The van der Waals surface area contributed by atoms with E-state index in [4.69, 9.17) is 0 Å². The van der Waals surface area contributed by atoms with Crippen LogP contribution in [0, 0.1) is 11.8 Å². The Morgan fingerprint density at radius 2 is 1.79 bits per heavy atom. The average molecular weight is 346 g/mol. The third-order valence-corrected chi connectivity index (χ3v) is 5.71. The Balaban J connectivity index is 1.62. The standard InChI is InChI=1S/C17H25F3N2O2/c18-17(19,20)11-21-10-13(9-15(21)23)16(24)22-8-4-7-14(22)12-5-2-1-3-6-12/h12-14H,1-11H2/t13-,14-/m1/s1. The lowest BCUT2D eigenvalue weighted by Gasteiger charge is -2.35. The maximum absolute atomic E-state index is 12.8. The van der Waals surface area contributed by atoms with E-state index < -0.39 is 24.5 Å².